The molecular weight excluding hydrogens is 286 g/mol. The van der Waals surface area contributed by atoms with E-state index in [4.69, 9.17) is 0 Å². The summed E-state index contributed by atoms with van der Waals surface area (Å²) in [5.74, 6) is 0.609. The van der Waals surface area contributed by atoms with Gasteiger partial charge in [0.05, 0.1) is 11.8 Å². The fourth-order valence-electron chi connectivity index (χ4n) is 2.78. The summed E-state index contributed by atoms with van der Waals surface area (Å²) < 4.78 is 1.91. The summed E-state index contributed by atoms with van der Waals surface area (Å²) in [5.41, 5.74) is 0. The first kappa shape index (κ1) is 16.3. The minimum Gasteiger partial charge on any atom is -0.342 e. The molecule has 0 bridgehead atoms. The van der Waals surface area contributed by atoms with Crippen molar-refractivity contribution in [1.29, 1.82) is 0 Å². The molecule has 1 amide bonds. The van der Waals surface area contributed by atoms with Crippen molar-refractivity contribution < 1.29 is 4.79 Å². The maximum absolute atomic E-state index is 12.3. The number of thioether (sulfide) groups is 1. The predicted molar refractivity (Wildman–Crippen MR) is 83.2 cm³/mol. The van der Waals surface area contributed by atoms with Crippen molar-refractivity contribution in [2.45, 2.75) is 63.6 Å². The number of hydrogen-bond donors (Lipinski definition) is 0. The van der Waals surface area contributed by atoms with Crippen LogP contribution in [0.25, 0.3) is 0 Å². The first-order valence-electron chi connectivity index (χ1n) is 7.94. The minimum absolute atomic E-state index is 0.185. The molecule has 0 spiro atoms. The van der Waals surface area contributed by atoms with E-state index >= 15 is 0 Å². The lowest BCUT2D eigenvalue weighted by molar-refractivity contribution is -0.128. The van der Waals surface area contributed by atoms with Crippen molar-refractivity contribution in [1.82, 2.24) is 25.1 Å². The van der Waals surface area contributed by atoms with Crippen LogP contribution >= 0.6 is 11.8 Å². The topological polar surface area (TPSA) is 63.9 Å². The number of carbonyl (C=O) groups is 1. The van der Waals surface area contributed by atoms with Gasteiger partial charge in [-0.05, 0) is 36.1 Å². The normalized spacial score (nSPS) is 15.5. The predicted octanol–water partition coefficient (Wildman–Crippen LogP) is 2.53. The summed E-state index contributed by atoms with van der Waals surface area (Å²) in [6.07, 6.45) is 6.77. The standard InChI is InChI=1S/C14H25N5OS/c1-3-9-18(10-4-2)13(20)11-21-14-15-16-17-19(14)12-7-5-6-8-12/h12H,3-11H2,1-2H3. The van der Waals surface area contributed by atoms with Crippen molar-refractivity contribution in [2.24, 2.45) is 0 Å². The molecule has 1 aliphatic carbocycles. The Kier molecular flexibility index (Phi) is 6.48. The lowest BCUT2D eigenvalue weighted by Crippen LogP contribution is -2.33. The highest BCUT2D eigenvalue weighted by Crippen LogP contribution is 2.31. The van der Waals surface area contributed by atoms with Gasteiger partial charge in [-0.25, -0.2) is 4.68 Å². The number of tetrazole rings is 1. The van der Waals surface area contributed by atoms with Crippen LogP contribution < -0.4 is 0 Å². The van der Waals surface area contributed by atoms with Crippen molar-refractivity contribution in [3.05, 3.63) is 0 Å². The van der Waals surface area contributed by atoms with Crippen LogP contribution in [0.4, 0.5) is 0 Å². The summed E-state index contributed by atoms with van der Waals surface area (Å²) in [5, 5.41) is 12.7. The van der Waals surface area contributed by atoms with Crippen LogP contribution in [-0.2, 0) is 4.79 Å². The number of hydrogen-bond acceptors (Lipinski definition) is 5. The lowest BCUT2D eigenvalue weighted by Gasteiger charge is -2.21. The second kappa shape index (κ2) is 8.36. The number of carbonyl (C=O) groups excluding carboxylic acids is 1. The number of aromatic nitrogens is 4. The molecule has 2 rings (SSSR count). The van der Waals surface area contributed by atoms with Crippen LogP contribution in [0.2, 0.25) is 0 Å². The largest absolute Gasteiger partial charge is 0.342 e. The van der Waals surface area contributed by atoms with E-state index in [0.29, 0.717) is 11.8 Å². The Labute approximate surface area is 130 Å². The zero-order valence-electron chi connectivity index (χ0n) is 13.0. The SMILES string of the molecule is CCCN(CCC)C(=O)CSc1nnnn1C1CCCC1. The van der Waals surface area contributed by atoms with Crippen LogP contribution in [0.1, 0.15) is 58.4 Å². The molecule has 21 heavy (non-hydrogen) atoms. The van der Waals surface area contributed by atoms with E-state index in [-0.39, 0.29) is 5.91 Å². The van der Waals surface area contributed by atoms with Gasteiger partial charge in [0, 0.05) is 13.1 Å². The third kappa shape index (κ3) is 4.43. The molecule has 0 atom stereocenters. The molecule has 7 heteroatoms. The number of rotatable bonds is 8. The zero-order valence-corrected chi connectivity index (χ0v) is 13.8. The van der Waals surface area contributed by atoms with Gasteiger partial charge >= 0.3 is 0 Å². The van der Waals surface area contributed by atoms with Gasteiger partial charge in [0.25, 0.3) is 0 Å². The highest BCUT2D eigenvalue weighted by atomic mass is 32.2. The lowest BCUT2D eigenvalue weighted by atomic mass is 10.3. The summed E-state index contributed by atoms with van der Waals surface area (Å²) in [7, 11) is 0. The molecule has 1 saturated carbocycles. The molecule has 1 aromatic heterocycles. The summed E-state index contributed by atoms with van der Waals surface area (Å²) in [6.45, 7) is 5.87. The highest BCUT2D eigenvalue weighted by molar-refractivity contribution is 7.99. The summed E-state index contributed by atoms with van der Waals surface area (Å²) >= 11 is 1.46. The first-order chi connectivity index (χ1) is 10.3. The quantitative estimate of drug-likeness (QED) is 0.690. The Morgan fingerprint density at radius 2 is 1.95 bits per heavy atom. The Hall–Kier alpha value is -1.11. The molecule has 0 N–H and O–H groups in total. The van der Waals surface area contributed by atoms with Crippen LogP contribution in [0.3, 0.4) is 0 Å². The van der Waals surface area contributed by atoms with Crippen LogP contribution in [0.15, 0.2) is 5.16 Å². The van der Waals surface area contributed by atoms with E-state index in [1.807, 2.05) is 9.58 Å². The minimum atomic E-state index is 0.185. The Morgan fingerprint density at radius 3 is 2.57 bits per heavy atom. The molecule has 6 nitrogen and oxygen atoms in total. The molecule has 1 aromatic rings. The fraction of sp³-hybridized carbons (Fsp3) is 0.857. The second-order valence-corrected chi connectivity index (χ2v) is 6.46. The van der Waals surface area contributed by atoms with Gasteiger partial charge in [-0.15, -0.1) is 5.10 Å². The molecule has 1 heterocycles. The molecule has 0 aromatic carbocycles. The van der Waals surface area contributed by atoms with E-state index in [9.17, 15) is 4.79 Å². The van der Waals surface area contributed by atoms with Crippen LogP contribution in [0.5, 0.6) is 0 Å². The fourth-order valence-corrected chi connectivity index (χ4v) is 3.62. The smallest absolute Gasteiger partial charge is 0.233 e. The molecule has 0 unspecified atom stereocenters. The molecule has 1 aliphatic rings. The van der Waals surface area contributed by atoms with Crippen molar-refractivity contribution in [3.8, 4) is 0 Å². The van der Waals surface area contributed by atoms with Gasteiger partial charge in [-0.1, -0.05) is 38.5 Å². The van der Waals surface area contributed by atoms with E-state index in [0.717, 1.165) is 43.9 Å². The van der Waals surface area contributed by atoms with Crippen molar-refractivity contribution in [3.63, 3.8) is 0 Å². The Bertz CT molecular complexity index is 438. The Balaban J connectivity index is 1.90. The highest BCUT2D eigenvalue weighted by Gasteiger charge is 2.22. The average molecular weight is 311 g/mol. The van der Waals surface area contributed by atoms with Crippen LogP contribution in [0, 0.1) is 0 Å². The van der Waals surface area contributed by atoms with Crippen molar-refractivity contribution in [2.75, 3.05) is 18.8 Å². The zero-order chi connectivity index (χ0) is 15.1. The molecule has 1 fully saturated rings. The molecular formula is C14H25N5OS. The van der Waals surface area contributed by atoms with Crippen molar-refractivity contribution >= 4 is 17.7 Å². The van der Waals surface area contributed by atoms with E-state index in [2.05, 4.69) is 29.4 Å². The first-order valence-corrected chi connectivity index (χ1v) is 8.93. The van der Waals surface area contributed by atoms with Gasteiger partial charge in [-0.2, -0.15) is 0 Å². The molecule has 118 valence electrons. The molecule has 0 saturated heterocycles. The third-order valence-corrected chi connectivity index (χ3v) is 4.72. The molecule has 0 aliphatic heterocycles. The summed E-state index contributed by atoms with van der Waals surface area (Å²) in [6, 6.07) is 0.417. The number of amides is 1. The van der Waals surface area contributed by atoms with Gasteiger partial charge in [0.15, 0.2) is 0 Å². The monoisotopic (exact) mass is 311 g/mol. The second-order valence-electron chi connectivity index (χ2n) is 5.51. The van der Waals surface area contributed by atoms with E-state index in [1.54, 1.807) is 0 Å². The van der Waals surface area contributed by atoms with Gasteiger partial charge in [-0.3, -0.25) is 4.79 Å². The number of nitrogens with zero attached hydrogens (tertiary/aromatic N) is 5. The van der Waals surface area contributed by atoms with E-state index in [1.165, 1.54) is 24.6 Å². The van der Waals surface area contributed by atoms with Crippen LogP contribution in [-0.4, -0.2) is 49.9 Å². The maximum atomic E-state index is 12.3. The summed E-state index contributed by atoms with van der Waals surface area (Å²) in [4.78, 5) is 14.2. The van der Waals surface area contributed by atoms with Gasteiger partial charge in [0.2, 0.25) is 11.1 Å². The van der Waals surface area contributed by atoms with E-state index < -0.39 is 0 Å². The van der Waals surface area contributed by atoms with Gasteiger partial charge < -0.3 is 4.90 Å². The average Bonchev–Trinajstić information content (AvgIpc) is 3.14. The maximum Gasteiger partial charge on any atom is 0.233 e. The Morgan fingerprint density at radius 1 is 1.29 bits per heavy atom. The molecule has 0 radical (unpaired) electrons. The third-order valence-electron chi connectivity index (χ3n) is 3.80. The van der Waals surface area contributed by atoms with Gasteiger partial charge in [0.1, 0.15) is 0 Å².